The summed E-state index contributed by atoms with van der Waals surface area (Å²) in [6.07, 6.45) is 1.61. The number of benzene rings is 1. The fraction of sp³-hybridized carbons (Fsp3) is 0.353. The molecule has 0 unspecified atom stereocenters. The van der Waals surface area contributed by atoms with Crippen LogP contribution in [0, 0.1) is 0 Å². The Balaban J connectivity index is 1.75. The smallest absolute Gasteiger partial charge is 0.271 e. The molecule has 0 spiro atoms. The van der Waals surface area contributed by atoms with E-state index in [9.17, 15) is 4.79 Å². The van der Waals surface area contributed by atoms with E-state index in [1.807, 2.05) is 24.3 Å². The Morgan fingerprint density at radius 2 is 1.92 bits per heavy atom. The van der Waals surface area contributed by atoms with Gasteiger partial charge >= 0.3 is 0 Å². The number of ether oxygens (including phenoxy) is 1. The van der Waals surface area contributed by atoms with Gasteiger partial charge in [-0.15, -0.1) is 10.2 Å². The van der Waals surface area contributed by atoms with Crippen LogP contribution >= 0.6 is 11.6 Å². The van der Waals surface area contributed by atoms with Gasteiger partial charge in [0.2, 0.25) is 0 Å². The summed E-state index contributed by atoms with van der Waals surface area (Å²) in [6, 6.07) is 11.1. The van der Waals surface area contributed by atoms with E-state index in [1.165, 1.54) is 5.56 Å². The first-order valence-electron chi connectivity index (χ1n) is 7.78. The van der Waals surface area contributed by atoms with E-state index < -0.39 is 0 Å². The Bertz CT molecular complexity index is 632. The van der Waals surface area contributed by atoms with Crippen LogP contribution in [-0.2, 0) is 11.2 Å². The van der Waals surface area contributed by atoms with Crippen molar-refractivity contribution in [3.63, 3.8) is 0 Å². The van der Waals surface area contributed by atoms with Gasteiger partial charge in [0.25, 0.3) is 5.91 Å². The Labute approximate surface area is 146 Å². The second-order valence-electron chi connectivity index (χ2n) is 5.21. The molecule has 2 rings (SSSR count). The lowest BCUT2D eigenvalue weighted by molar-refractivity contribution is 0.0942. The zero-order valence-electron chi connectivity index (χ0n) is 13.6. The van der Waals surface area contributed by atoms with Gasteiger partial charge in [0.05, 0.1) is 0 Å². The largest absolute Gasteiger partial charge is 0.385 e. The molecule has 24 heavy (non-hydrogen) atoms. The van der Waals surface area contributed by atoms with Crippen molar-refractivity contribution >= 4 is 23.3 Å². The number of amides is 1. The first-order chi connectivity index (χ1) is 11.7. The minimum absolute atomic E-state index is 0.230. The van der Waals surface area contributed by atoms with Crippen LogP contribution in [0.5, 0.6) is 0 Å². The van der Waals surface area contributed by atoms with Gasteiger partial charge in [-0.05, 0) is 42.7 Å². The standard InChI is InChI=1S/C17H21ClN4O2/c1-24-12-2-10-20-17(23)15-7-8-16(22-21-15)19-11-9-13-3-5-14(18)6-4-13/h3-8H,2,9-12H2,1H3,(H,19,22)(H,20,23). The molecule has 0 aliphatic heterocycles. The van der Waals surface area contributed by atoms with Crippen molar-refractivity contribution in [1.29, 1.82) is 0 Å². The Morgan fingerprint density at radius 1 is 1.12 bits per heavy atom. The molecule has 0 aliphatic carbocycles. The monoisotopic (exact) mass is 348 g/mol. The molecule has 0 saturated heterocycles. The number of carbonyl (C=O) groups excluding carboxylic acids is 1. The third kappa shape index (κ3) is 6.14. The molecule has 0 bridgehead atoms. The van der Waals surface area contributed by atoms with Gasteiger partial charge in [-0.3, -0.25) is 4.79 Å². The number of aromatic nitrogens is 2. The van der Waals surface area contributed by atoms with E-state index in [-0.39, 0.29) is 5.91 Å². The lowest BCUT2D eigenvalue weighted by Crippen LogP contribution is -2.26. The quantitative estimate of drug-likeness (QED) is 0.681. The van der Waals surface area contributed by atoms with E-state index >= 15 is 0 Å². The van der Waals surface area contributed by atoms with E-state index in [0.29, 0.717) is 24.7 Å². The number of nitrogens with zero attached hydrogens (tertiary/aromatic N) is 2. The van der Waals surface area contributed by atoms with E-state index in [1.54, 1.807) is 19.2 Å². The number of methoxy groups -OCH3 is 1. The molecular formula is C17H21ClN4O2. The van der Waals surface area contributed by atoms with Crippen molar-refractivity contribution in [2.45, 2.75) is 12.8 Å². The highest BCUT2D eigenvalue weighted by Gasteiger charge is 2.07. The first-order valence-corrected chi connectivity index (χ1v) is 8.16. The van der Waals surface area contributed by atoms with E-state index in [0.717, 1.165) is 24.4 Å². The number of rotatable bonds is 9. The molecule has 2 aromatic rings. The summed E-state index contributed by atoms with van der Waals surface area (Å²) in [5.74, 6) is 0.409. The van der Waals surface area contributed by atoms with Gasteiger partial charge in [0.1, 0.15) is 5.82 Å². The molecule has 0 radical (unpaired) electrons. The second-order valence-corrected chi connectivity index (χ2v) is 5.65. The number of hydrogen-bond donors (Lipinski definition) is 2. The van der Waals surface area contributed by atoms with Crippen LogP contribution in [0.15, 0.2) is 36.4 Å². The van der Waals surface area contributed by atoms with Crippen LogP contribution in [0.2, 0.25) is 5.02 Å². The SMILES string of the molecule is COCCCNC(=O)c1ccc(NCCc2ccc(Cl)cc2)nn1. The normalized spacial score (nSPS) is 10.4. The molecule has 1 heterocycles. The fourth-order valence-electron chi connectivity index (χ4n) is 2.04. The van der Waals surface area contributed by atoms with Gasteiger partial charge in [0.15, 0.2) is 5.69 Å². The van der Waals surface area contributed by atoms with Crippen LogP contribution in [-0.4, -0.2) is 42.9 Å². The van der Waals surface area contributed by atoms with Gasteiger partial charge in [0, 0.05) is 31.8 Å². The summed E-state index contributed by atoms with van der Waals surface area (Å²) in [5.41, 5.74) is 1.49. The van der Waals surface area contributed by atoms with Crippen molar-refractivity contribution in [2.75, 3.05) is 32.1 Å². The Hall–Kier alpha value is -2.18. The predicted molar refractivity (Wildman–Crippen MR) is 94.5 cm³/mol. The van der Waals surface area contributed by atoms with Gasteiger partial charge in [-0.2, -0.15) is 0 Å². The second kappa shape index (κ2) is 9.85. The highest BCUT2D eigenvalue weighted by Crippen LogP contribution is 2.10. The summed E-state index contributed by atoms with van der Waals surface area (Å²) in [4.78, 5) is 11.9. The van der Waals surface area contributed by atoms with Crippen LogP contribution in [0.4, 0.5) is 5.82 Å². The summed E-state index contributed by atoms with van der Waals surface area (Å²) >= 11 is 5.86. The van der Waals surface area contributed by atoms with Gasteiger partial charge < -0.3 is 15.4 Å². The average Bonchev–Trinajstić information content (AvgIpc) is 2.61. The third-order valence-corrected chi connectivity index (χ3v) is 3.59. The molecule has 0 saturated carbocycles. The minimum atomic E-state index is -0.230. The summed E-state index contributed by atoms with van der Waals surface area (Å²) in [5, 5.41) is 14.6. The van der Waals surface area contributed by atoms with Crippen molar-refractivity contribution in [2.24, 2.45) is 0 Å². The van der Waals surface area contributed by atoms with Gasteiger partial charge in [-0.25, -0.2) is 0 Å². The molecular weight excluding hydrogens is 328 g/mol. The number of anilines is 1. The highest BCUT2D eigenvalue weighted by molar-refractivity contribution is 6.30. The zero-order valence-corrected chi connectivity index (χ0v) is 14.3. The van der Waals surface area contributed by atoms with Crippen molar-refractivity contribution in [1.82, 2.24) is 15.5 Å². The van der Waals surface area contributed by atoms with E-state index in [2.05, 4.69) is 20.8 Å². The molecule has 2 N–H and O–H groups in total. The highest BCUT2D eigenvalue weighted by atomic mass is 35.5. The zero-order chi connectivity index (χ0) is 17.2. The van der Waals surface area contributed by atoms with Crippen molar-refractivity contribution in [3.8, 4) is 0 Å². The van der Waals surface area contributed by atoms with Crippen LogP contribution in [0.25, 0.3) is 0 Å². The Kier molecular flexibility index (Phi) is 7.45. The van der Waals surface area contributed by atoms with Crippen LogP contribution in [0.1, 0.15) is 22.5 Å². The first kappa shape index (κ1) is 18.2. The lowest BCUT2D eigenvalue weighted by Gasteiger charge is -2.07. The molecule has 0 atom stereocenters. The van der Waals surface area contributed by atoms with Crippen molar-refractivity contribution in [3.05, 3.63) is 52.7 Å². The maximum absolute atomic E-state index is 11.9. The van der Waals surface area contributed by atoms with Crippen LogP contribution < -0.4 is 10.6 Å². The molecule has 1 amide bonds. The molecule has 0 fully saturated rings. The fourth-order valence-corrected chi connectivity index (χ4v) is 2.17. The van der Waals surface area contributed by atoms with Crippen LogP contribution in [0.3, 0.4) is 0 Å². The summed E-state index contributed by atoms with van der Waals surface area (Å²) in [7, 11) is 1.63. The molecule has 0 aliphatic rings. The summed E-state index contributed by atoms with van der Waals surface area (Å²) in [6.45, 7) is 1.89. The Morgan fingerprint density at radius 3 is 2.58 bits per heavy atom. The number of carbonyl (C=O) groups is 1. The maximum atomic E-state index is 11.9. The number of hydrogen-bond acceptors (Lipinski definition) is 5. The maximum Gasteiger partial charge on any atom is 0.271 e. The molecule has 1 aromatic carbocycles. The molecule has 7 heteroatoms. The summed E-state index contributed by atoms with van der Waals surface area (Å²) < 4.78 is 4.93. The molecule has 128 valence electrons. The molecule has 1 aromatic heterocycles. The average molecular weight is 349 g/mol. The van der Waals surface area contributed by atoms with E-state index in [4.69, 9.17) is 16.3 Å². The number of nitrogens with one attached hydrogen (secondary N) is 2. The molecule has 6 nitrogen and oxygen atoms in total. The lowest BCUT2D eigenvalue weighted by atomic mass is 10.1. The van der Waals surface area contributed by atoms with Crippen molar-refractivity contribution < 1.29 is 9.53 Å². The predicted octanol–water partition coefficient (Wildman–Crippen LogP) is 2.55. The number of halogens is 1. The van der Waals surface area contributed by atoms with Gasteiger partial charge in [-0.1, -0.05) is 23.7 Å². The third-order valence-electron chi connectivity index (χ3n) is 3.34. The topological polar surface area (TPSA) is 76.1 Å². The minimum Gasteiger partial charge on any atom is -0.385 e.